The van der Waals surface area contributed by atoms with Gasteiger partial charge in [-0.05, 0) is 81.1 Å². The molecular formula is C24H28N2O. The summed E-state index contributed by atoms with van der Waals surface area (Å²) in [6, 6.07) is 15.6. The van der Waals surface area contributed by atoms with Gasteiger partial charge < -0.3 is 14.6 Å². The fourth-order valence-corrected chi connectivity index (χ4v) is 5.51. The molecule has 0 amide bonds. The zero-order valence-electron chi connectivity index (χ0n) is 16.5. The number of piperidine rings is 1. The van der Waals surface area contributed by atoms with Crippen LogP contribution in [0.15, 0.2) is 42.5 Å². The standard InChI is InChI=1S/C24H28N2O/c1-16-7-8-22-20(11-16)21-13-18-15-26(2)10-9-24(18,14-23(21)25-22)17-5-4-6-19(12-17)27-3/h4-8,11-12,18,25H,9-10,13-15H2,1-3H3. The SMILES string of the molecule is COc1cccc(C23CCN(C)CC2Cc2c([nH]c4ccc(C)cc24)C3)c1. The van der Waals surface area contributed by atoms with E-state index >= 15 is 0 Å². The molecule has 0 radical (unpaired) electrons. The number of hydrogen-bond acceptors (Lipinski definition) is 2. The lowest BCUT2D eigenvalue weighted by Crippen LogP contribution is -2.52. The first-order valence-electron chi connectivity index (χ1n) is 10.0. The van der Waals surface area contributed by atoms with Crippen LogP contribution in [-0.4, -0.2) is 37.1 Å². The summed E-state index contributed by atoms with van der Waals surface area (Å²) in [6.07, 6.45) is 3.46. The molecule has 1 saturated heterocycles. The minimum Gasteiger partial charge on any atom is -0.497 e. The number of hydrogen-bond donors (Lipinski definition) is 1. The number of aromatic nitrogens is 1. The molecule has 2 atom stereocenters. The number of rotatable bonds is 2. The molecular weight excluding hydrogens is 332 g/mol. The fourth-order valence-electron chi connectivity index (χ4n) is 5.51. The molecule has 3 aromatic rings. The predicted molar refractivity (Wildman–Crippen MR) is 111 cm³/mol. The molecule has 0 saturated carbocycles. The van der Waals surface area contributed by atoms with Crippen LogP contribution < -0.4 is 4.74 Å². The summed E-state index contributed by atoms with van der Waals surface area (Å²) in [5.41, 5.74) is 7.27. The third kappa shape index (κ3) is 2.60. The molecule has 0 spiro atoms. The molecule has 3 heteroatoms. The van der Waals surface area contributed by atoms with Gasteiger partial charge in [0.2, 0.25) is 0 Å². The minimum atomic E-state index is 0.198. The summed E-state index contributed by atoms with van der Waals surface area (Å²) in [5.74, 6) is 1.60. The first kappa shape index (κ1) is 16.9. The van der Waals surface area contributed by atoms with Crippen molar-refractivity contribution in [2.75, 3.05) is 27.2 Å². The summed E-state index contributed by atoms with van der Waals surface area (Å²) >= 11 is 0. The molecule has 1 aromatic heterocycles. The Hall–Kier alpha value is -2.26. The van der Waals surface area contributed by atoms with E-state index < -0.39 is 0 Å². The largest absolute Gasteiger partial charge is 0.497 e. The van der Waals surface area contributed by atoms with Crippen LogP contribution >= 0.6 is 0 Å². The lowest BCUT2D eigenvalue weighted by molar-refractivity contribution is 0.0994. The predicted octanol–water partition coefficient (Wildman–Crippen LogP) is 4.47. The molecule has 1 aliphatic heterocycles. The van der Waals surface area contributed by atoms with E-state index in [0.717, 1.165) is 31.7 Å². The van der Waals surface area contributed by atoms with E-state index in [9.17, 15) is 0 Å². The summed E-state index contributed by atoms with van der Waals surface area (Å²) in [6.45, 7) is 4.51. The van der Waals surface area contributed by atoms with Crippen molar-refractivity contribution in [1.82, 2.24) is 9.88 Å². The van der Waals surface area contributed by atoms with Crippen molar-refractivity contribution in [3.63, 3.8) is 0 Å². The first-order chi connectivity index (χ1) is 13.1. The van der Waals surface area contributed by atoms with Gasteiger partial charge in [0, 0.05) is 28.6 Å². The lowest BCUT2D eigenvalue weighted by Gasteiger charge is -2.50. The highest BCUT2D eigenvalue weighted by Crippen LogP contribution is 2.49. The van der Waals surface area contributed by atoms with Crippen LogP contribution in [0.4, 0.5) is 0 Å². The quantitative estimate of drug-likeness (QED) is 0.730. The lowest BCUT2D eigenvalue weighted by atomic mass is 9.59. The molecule has 140 valence electrons. The number of H-pyrrole nitrogens is 1. The van der Waals surface area contributed by atoms with Crippen molar-refractivity contribution in [2.24, 2.45) is 5.92 Å². The Kier molecular flexibility index (Phi) is 3.83. The molecule has 2 heterocycles. The molecule has 1 fully saturated rings. The van der Waals surface area contributed by atoms with E-state index in [-0.39, 0.29) is 5.41 Å². The second kappa shape index (κ2) is 6.13. The zero-order chi connectivity index (χ0) is 18.6. The molecule has 0 bridgehead atoms. The fraction of sp³-hybridized carbons (Fsp3) is 0.417. The van der Waals surface area contributed by atoms with Crippen molar-refractivity contribution in [2.45, 2.75) is 31.6 Å². The third-order valence-corrected chi connectivity index (χ3v) is 6.99. The third-order valence-electron chi connectivity index (χ3n) is 6.99. The smallest absolute Gasteiger partial charge is 0.119 e. The van der Waals surface area contributed by atoms with E-state index in [1.807, 2.05) is 0 Å². The number of aromatic amines is 1. The topological polar surface area (TPSA) is 28.3 Å². The van der Waals surface area contributed by atoms with Gasteiger partial charge in [0.05, 0.1) is 7.11 Å². The van der Waals surface area contributed by atoms with E-state index in [2.05, 4.69) is 66.3 Å². The van der Waals surface area contributed by atoms with Crippen LogP contribution in [0.3, 0.4) is 0 Å². The molecule has 1 N–H and O–H groups in total. The highest BCUT2D eigenvalue weighted by atomic mass is 16.5. The van der Waals surface area contributed by atoms with Gasteiger partial charge in [-0.25, -0.2) is 0 Å². The van der Waals surface area contributed by atoms with E-state index in [1.54, 1.807) is 12.7 Å². The molecule has 5 rings (SSSR count). The first-order valence-corrected chi connectivity index (χ1v) is 10.0. The van der Waals surface area contributed by atoms with Gasteiger partial charge in [0.15, 0.2) is 0 Å². The molecule has 2 aromatic carbocycles. The summed E-state index contributed by atoms with van der Waals surface area (Å²) < 4.78 is 5.56. The Labute approximate surface area is 161 Å². The van der Waals surface area contributed by atoms with Crippen LogP contribution in [0.5, 0.6) is 5.75 Å². The van der Waals surface area contributed by atoms with Crippen molar-refractivity contribution in [3.8, 4) is 5.75 Å². The maximum atomic E-state index is 5.56. The zero-order valence-corrected chi connectivity index (χ0v) is 16.5. The van der Waals surface area contributed by atoms with Gasteiger partial charge in [-0.3, -0.25) is 0 Å². The van der Waals surface area contributed by atoms with Crippen LogP contribution in [-0.2, 0) is 18.3 Å². The maximum absolute atomic E-state index is 5.56. The Morgan fingerprint density at radius 3 is 2.93 bits per heavy atom. The van der Waals surface area contributed by atoms with Gasteiger partial charge in [-0.2, -0.15) is 0 Å². The number of ether oxygens (including phenoxy) is 1. The minimum absolute atomic E-state index is 0.198. The Morgan fingerprint density at radius 1 is 1.19 bits per heavy atom. The van der Waals surface area contributed by atoms with Crippen molar-refractivity contribution < 1.29 is 4.74 Å². The van der Waals surface area contributed by atoms with Gasteiger partial charge in [0.1, 0.15) is 5.75 Å². The van der Waals surface area contributed by atoms with Gasteiger partial charge in [-0.15, -0.1) is 0 Å². The van der Waals surface area contributed by atoms with Crippen molar-refractivity contribution >= 4 is 10.9 Å². The molecule has 27 heavy (non-hydrogen) atoms. The number of fused-ring (bicyclic) bond motifs is 4. The van der Waals surface area contributed by atoms with E-state index in [4.69, 9.17) is 4.74 Å². The molecule has 2 aliphatic rings. The average Bonchev–Trinajstić information content (AvgIpc) is 3.02. The average molecular weight is 361 g/mol. The molecule has 2 unspecified atom stereocenters. The summed E-state index contributed by atoms with van der Waals surface area (Å²) in [7, 11) is 4.03. The molecule has 1 aliphatic carbocycles. The Bertz CT molecular complexity index is 1000. The van der Waals surface area contributed by atoms with Crippen LogP contribution in [0.1, 0.15) is 28.8 Å². The Morgan fingerprint density at radius 2 is 2.07 bits per heavy atom. The number of aryl methyl sites for hydroxylation is 1. The summed E-state index contributed by atoms with van der Waals surface area (Å²) in [4.78, 5) is 6.27. The van der Waals surface area contributed by atoms with Crippen LogP contribution in [0.25, 0.3) is 10.9 Å². The van der Waals surface area contributed by atoms with E-state index in [0.29, 0.717) is 5.92 Å². The summed E-state index contributed by atoms with van der Waals surface area (Å²) in [5, 5.41) is 1.43. The van der Waals surface area contributed by atoms with Gasteiger partial charge in [-0.1, -0.05) is 23.8 Å². The number of nitrogens with one attached hydrogen (secondary N) is 1. The highest BCUT2D eigenvalue weighted by molar-refractivity contribution is 5.85. The van der Waals surface area contributed by atoms with Crippen LogP contribution in [0, 0.1) is 12.8 Å². The number of likely N-dealkylation sites (tertiary alicyclic amines) is 1. The highest BCUT2D eigenvalue weighted by Gasteiger charge is 2.47. The monoisotopic (exact) mass is 360 g/mol. The number of methoxy groups -OCH3 is 1. The van der Waals surface area contributed by atoms with Gasteiger partial charge in [0.25, 0.3) is 0 Å². The van der Waals surface area contributed by atoms with Crippen molar-refractivity contribution in [1.29, 1.82) is 0 Å². The second-order valence-electron chi connectivity index (χ2n) is 8.61. The maximum Gasteiger partial charge on any atom is 0.119 e. The van der Waals surface area contributed by atoms with Crippen molar-refractivity contribution in [3.05, 3.63) is 64.8 Å². The number of nitrogens with zero attached hydrogens (tertiary/aromatic N) is 1. The Balaban J connectivity index is 1.66. The normalized spacial score (nSPS) is 25.2. The van der Waals surface area contributed by atoms with E-state index in [1.165, 1.54) is 34.1 Å². The van der Waals surface area contributed by atoms with Crippen LogP contribution in [0.2, 0.25) is 0 Å². The second-order valence-corrected chi connectivity index (χ2v) is 8.61. The van der Waals surface area contributed by atoms with Gasteiger partial charge >= 0.3 is 0 Å². The molecule has 3 nitrogen and oxygen atoms in total. The number of benzene rings is 2.